The summed E-state index contributed by atoms with van der Waals surface area (Å²) in [4.78, 5) is 8.63. The topological polar surface area (TPSA) is 47.0 Å². The second-order valence-electron chi connectivity index (χ2n) is 3.53. The predicted octanol–water partition coefficient (Wildman–Crippen LogP) is 2.87. The van der Waals surface area contributed by atoms with Crippen LogP contribution < -0.4 is 10.1 Å². The first kappa shape index (κ1) is 11.4. The summed E-state index contributed by atoms with van der Waals surface area (Å²) >= 11 is 0. The van der Waals surface area contributed by atoms with E-state index in [1.807, 2.05) is 44.3 Å². The fourth-order valence-electron chi connectivity index (χ4n) is 1.42. The highest BCUT2D eigenvalue weighted by atomic mass is 16.5. The van der Waals surface area contributed by atoms with Crippen molar-refractivity contribution in [1.29, 1.82) is 0 Å². The Morgan fingerprint density at radius 3 is 2.59 bits per heavy atom. The van der Waals surface area contributed by atoms with Crippen LogP contribution in [0.3, 0.4) is 0 Å². The summed E-state index contributed by atoms with van der Waals surface area (Å²) in [6.45, 7) is 2.01. The maximum Gasteiger partial charge on any atom is 0.224 e. The average Bonchev–Trinajstić information content (AvgIpc) is 2.39. The summed E-state index contributed by atoms with van der Waals surface area (Å²) in [6.07, 6.45) is 0.778. The summed E-state index contributed by atoms with van der Waals surface area (Å²) in [5.74, 6) is 2.87. The van der Waals surface area contributed by atoms with E-state index in [-0.39, 0.29) is 0 Å². The van der Waals surface area contributed by atoms with Gasteiger partial charge in [-0.15, -0.1) is 0 Å². The highest BCUT2D eigenvalue weighted by Crippen LogP contribution is 2.21. The highest BCUT2D eigenvalue weighted by molar-refractivity contribution is 5.39. The quantitative estimate of drug-likeness (QED) is 0.875. The standard InChI is InChI=1S/C13H15N3O/c1-3-11-15-12(14-2)9-13(16-11)17-10-7-5-4-6-8-10/h4-9H,3H2,1-2H3,(H,14,15,16). The van der Waals surface area contributed by atoms with E-state index in [0.29, 0.717) is 5.88 Å². The molecule has 0 aliphatic carbocycles. The van der Waals surface area contributed by atoms with Crippen LogP contribution in [-0.2, 0) is 6.42 Å². The van der Waals surface area contributed by atoms with E-state index >= 15 is 0 Å². The van der Waals surface area contributed by atoms with Gasteiger partial charge in [0.1, 0.15) is 17.4 Å². The van der Waals surface area contributed by atoms with Crippen molar-refractivity contribution in [2.45, 2.75) is 13.3 Å². The number of aromatic nitrogens is 2. The number of nitrogens with zero attached hydrogens (tertiary/aromatic N) is 2. The van der Waals surface area contributed by atoms with Gasteiger partial charge in [0.15, 0.2) is 0 Å². The number of benzene rings is 1. The van der Waals surface area contributed by atoms with Gasteiger partial charge in [-0.25, -0.2) is 4.98 Å². The van der Waals surface area contributed by atoms with Crippen molar-refractivity contribution in [3.8, 4) is 11.6 Å². The molecule has 0 fully saturated rings. The van der Waals surface area contributed by atoms with Crippen molar-refractivity contribution < 1.29 is 4.74 Å². The zero-order valence-electron chi connectivity index (χ0n) is 9.97. The lowest BCUT2D eigenvalue weighted by molar-refractivity contribution is 0.459. The molecule has 2 rings (SSSR count). The lowest BCUT2D eigenvalue weighted by atomic mass is 10.3. The smallest absolute Gasteiger partial charge is 0.224 e. The molecule has 17 heavy (non-hydrogen) atoms. The third kappa shape index (κ3) is 2.93. The van der Waals surface area contributed by atoms with Gasteiger partial charge in [0.2, 0.25) is 5.88 Å². The number of aryl methyl sites for hydroxylation is 1. The van der Waals surface area contributed by atoms with E-state index in [2.05, 4.69) is 15.3 Å². The maximum absolute atomic E-state index is 5.67. The van der Waals surface area contributed by atoms with Crippen LogP contribution in [0.2, 0.25) is 0 Å². The van der Waals surface area contributed by atoms with Crippen LogP contribution in [0.15, 0.2) is 36.4 Å². The van der Waals surface area contributed by atoms with Crippen molar-refractivity contribution in [3.05, 3.63) is 42.2 Å². The Morgan fingerprint density at radius 1 is 1.18 bits per heavy atom. The Labute approximate surface area is 101 Å². The molecule has 1 N–H and O–H groups in total. The van der Waals surface area contributed by atoms with E-state index < -0.39 is 0 Å². The molecule has 0 amide bonds. The van der Waals surface area contributed by atoms with Crippen LogP contribution in [0.5, 0.6) is 11.6 Å². The zero-order valence-corrected chi connectivity index (χ0v) is 9.97. The van der Waals surface area contributed by atoms with Crippen LogP contribution in [-0.4, -0.2) is 17.0 Å². The number of anilines is 1. The van der Waals surface area contributed by atoms with Gasteiger partial charge >= 0.3 is 0 Å². The Kier molecular flexibility index (Phi) is 3.55. The largest absolute Gasteiger partial charge is 0.439 e. The molecule has 0 unspecified atom stereocenters. The zero-order chi connectivity index (χ0) is 12.1. The SMILES string of the molecule is CCc1nc(NC)cc(Oc2ccccc2)n1. The summed E-state index contributed by atoms with van der Waals surface area (Å²) in [7, 11) is 1.83. The number of hydrogen-bond donors (Lipinski definition) is 1. The Hall–Kier alpha value is -2.10. The molecule has 0 aliphatic rings. The van der Waals surface area contributed by atoms with Crippen molar-refractivity contribution in [2.75, 3.05) is 12.4 Å². The maximum atomic E-state index is 5.67. The molecule has 0 atom stereocenters. The summed E-state index contributed by atoms with van der Waals surface area (Å²) in [5.41, 5.74) is 0. The van der Waals surface area contributed by atoms with Gasteiger partial charge in [-0.05, 0) is 12.1 Å². The van der Waals surface area contributed by atoms with Gasteiger partial charge in [-0.1, -0.05) is 25.1 Å². The van der Waals surface area contributed by atoms with Gasteiger partial charge in [0, 0.05) is 19.5 Å². The lowest BCUT2D eigenvalue weighted by Gasteiger charge is -2.07. The first-order valence-electron chi connectivity index (χ1n) is 5.60. The summed E-state index contributed by atoms with van der Waals surface area (Å²) < 4.78 is 5.67. The third-order valence-electron chi connectivity index (χ3n) is 2.29. The number of hydrogen-bond acceptors (Lipinski definition) is 4. The first-order chi connectivity index (χ1) is 8.31. The average molecular weight is 229 g/mol. The summed E-state index contributed by atoms with van der Waals surface area (Å²) in [6, 6.07) is 11.4. The molecule has 0 saturated heterocycles. The second-order valence-corrected chi connectivity index (χ2v) is 3.53. The number of rotatable bonds is 4. The molecule has 1 aromatic carbocycles. The van der Waals surface area contributed by atoms with E-state index in [1.165, 1.54) is 0 Å². The molecule has 2 aromatic rings. The molecule has 88 valence electrons. The molecule has 1 heterocycles. The minimum absolute atomic E-state index is 0.562. The van der Waals surface area contributed by atoms with E-state index in [1.54, 1.807) is 6.07 Å². The molecular formula is C13H15N3O. The van der Waals surface area contributed by atoms with Gasteiger partial charge in [0.05, 0.1) is 0 Å². The van der Waals surface area contributed by atoms with E-state index in [4.69, 9.17) is 4.74 Å². The monoisotopic (exact) mass is 229 g/mol. The molecular weight excluding hydrogens is 214 g/mol. The number of nitrogens with one attached hydrogen (secondary N) is 1. The van der Waals surface area contributed by atoms with E-state index in [0.717, 1.165) is 23.8 Å². The second kappa shape index (κ2) is 5.30. The normalized spacial score (nSPS) is 10.0. The van der Waals surface area contributed by atoms with Crippen LogP contribution in [0.1, 0.15) is 12.7 Å². The lowest BCUT2D eigenvalue weighted by Crippen LogP contribution is -2.00. The Bertz CT molecular complexity index is 463. The van der Waals surface area contributed by atoms with Crippen molar-refractivity contribution in [3.63, 3.8) is 0 Å². The molecule has 0 radical (unpaired) electrons. The molecule has 0 saturated carbocycles. The van der Waals surface area contributed by atoms with E-state index in [9.17, 15) is 0 Å². The van der Waals surface area contributed by atoms with Crippen LogP contribution in [0, 0.1) is 0 Å². The Morgan fingerprint density at radius 2 is 1.94 bits per heavy atom. The number of para-hydroxylation sites is 1. The predicted molar refractivity (Wildman–Crippen MR) is 67.5 cm³/mol. The van der Waals surface area contributed by atoms with Crippen LogP contribution in [0.25, 0.3) is 0 Å². The summed E-state index contributed by atoms with van der Waals surface area (Å²) in [5, 5.41) is 3.00. The minimum Gasteiger partial charge on any atom is -0.439 e. The van der Waals surface area contributed by atoms with Gasteiger partial charge in [0.25, 0.3) is 0 Å². The van der Waals surface area contributed by atoms with Crippen molar-refractivity contribution in [2.24, 2.45) is 0 Å². The van der Waals surface area contributed by atoms with Gasteiger partial charge in [-0.3, -0.25) is 0 Å². The molecule has 4 heteroatoms. The van der Waals surface area contributed by atoms with Gasteiger partial charge < -0.3 is 10.1 Å². The van der Waals surface area contributed by atoms with Crippen molar-refractivity contribution >= 4 is 5.82 Å². The van der Waals surface area contributed by atoms with Gasteiger partial charge in [-0.2, -0.15) is 4.98 Å². The fourth-order valence-corrected chi connectivity index (χ4v) is 1.42. The molecule has 1 aromatic heterocycles. The third-order valence-corrected chi connectivity index (χ3v) is 2.29. The number of ether oxygens (including phenoxy) is 1. The Balaban J connectivity index is 2.26. The molecule has 0 aliphatic heterocycles. The molecule has 4 nitrogen and oxygen atoms in total. The molecule has 0 spiro atoms. The van der Waals surface area contributed by atoms with Crippen molar-refractivity contribution in [1.82, 2.24) is 9.97 Å². The van der Waals surface area contributed by atoms with Crippen LogP contribution >= 0.6 is 0 Å². The first-order valence-corrected chi connectivity index (χ1v) is 5.60. The highest BCUT2D eigenvalue weighted by Gasteiger charge is 2.04. The van der Waals surface area contributed by atoms with Crippen LogP contribution in [0.4, 0.5) is 5.82 Å². The fraction of sp³-hybridized carbons (Fsp3) is 0.231. The molecule has 0 bridgehead atoms. The minimum atomic E-state index is 0.562.